The van der Waals surface area contributed by atoms with Crippen LogP contribution in [0.5, 0.6) is 0 Å². The molecule has 0 saturated heterocycles. The summed E-state index contributed by atoms with van der Waals surface area (Å²) < 4.78 is 35.3. The van der Waals surface area contributed by atoms with E-state index in [-0.39, 0.29) is 30.5 Å². The van der Waals surface area contributed by atoms with Crippen LogP contribution < -0.4 is 0 Å². The molecule has 0 radical (unpaired) electrons. The molecule has 0 aliphatic heterocycles. The van der Waals surface area contributed by atoms with Gasteiger partial charge in [-0.2, -0.15) is 4.31 Å². The lowest BCUT2D eigenvalue weighted by molar-refractivity contribution is 0.109. The zero-order valence-corrected chi connectivity index (χ0v) is 10.9. The molecule has 7 heteroatoms. The van der Waals surface area contributed by atoms with Crippen LogP contribution in [-0.4, -0.2) is 45.8 Å². The molecule has 0 spiro atoms. The molecule has 0 amide bonds. The normalized spacial score (nSPS) is 11.7. The first-order chi connectivity index (χ1) is 8.56. The Bertz CT molecular complexity index is 505. The van der Waals surface area contributed by atoms with E-state index in [9.17, 15) is 13.2 Å². The number of aldehydes is 1. The molecular formula is C11H15NO5S. The van der Waals surface area contributed by atoms with Gasteiger partial charge in [0.2, 0.25) is 5.09 Å². The molecule has 6 nitrogen and oxygen atoms in total. The van der Waals surface area contributed by atoms with Gasteiger partial charge in [-0.25, -0.2) is 8.42 Å². The van der Waals surface area contributed by atoms with Gasteiger partial charge < -0.3 is 9.15 Å². The molecule has 1 rings (SSSR count). The van der Waals surface area contributed by atoms with E-state index >= 15 is 0 Å². The number of hydrogen-bond acceptors (Lipinski definition) is 5. The monoisotopic (exact) mass is 273 g/mol. The molecule has 0 atom stereocenters. The van der Waals surface area contributed by atoms with Gasteiger partial charge in [-0.1, -0.05) is 6.08 Å². The lowest BCUT2D eigenvalue weighted by Gasteiger charge is -2.18. The minimum absolute atomic E-state index is 0.0288. The van der Waals surface area contributed by atoms with Gasteiger partial charge in [0, 0.05) is 20.2 Å². The second-order valence-corrected chi connectivity index (χ2v) is 5.29. The molecule has 1 heterocycles. The minimum Gasteiger partial charge on any atom is -0.440 e. The second-order valence-electron chi connectivity index (χ2n) is 3.42. The maximum Gasteiger partial charge on any atom is 0.276 e. The van der Waals surface area contributed by atoms with Crippen molar-refractivity contribution in [2.45, 2.75) is 5.09 Å². The average Bonchev–Trinajstić information content (AvgIpc) is 2.83. The number of carbonyl (C=O) groups is 1. The van der Waals surface area contributed by atoms with Crippen LogP contribution in [0.25, 0.3) is 0 Å². The van der Waals surface area contributed by atoms with Crippen LogP contribution in [0, 0.1) is 0 Å². The molecule has 0 bridgehead atoms. The Morgan fingerprint density at radius 1 is 1.50 bits per heavy atom. The maximum atomic E-state index is 12.2. The summed E-state index contributed by atoms with van der Waals surface area (Å²) in [4.78, 5) is 10.5. The molecule has 0 aliphatic rings. The number of ether oxygens (including phenoxy) is 1. The standard InChI is InChI=1S/C11H15NO5S/c1-3-6-12(7-8-16-2)18(14,15)11-5-4-10(9-13)17-11/h3-5,9H,1,6-8H2,2H3. The Kier molecular flexibility index (Phi) is 5.26. The lowest BCUT2D eigenvalue weighted by Crippen LogP contribution is -2.33. The number of carbonyl (C=O) groups excluding carboxylic acids is 1. The van der Waals surface area contributed by atoms with Crippen LogP contribution in [0.1, 0.15) is 10.6 Å². The average molecular weight is 273 g/mol. The predicted molar refractivity (Wildman–Crippen MR) is 64.9 cm³/mol. The first-order valence-electron chi connectivity index (χ1n) is 5.21. The van der Waals surface area contributed by atoms with Gasteiger partial charge in [-0.15, -0.1) is 6.58 Å². The van der Waals surface area contributed by atoms with Gasteiger partial charge in [-0.05, 0) is 12.1 Å². The summed E-state index contributed by atoms with van der Waals surface area (Å²) in [5, 5.41) is -0.262. The lowest BCUT2D eigenvalue weighted by atomic mass is 10.5. The summed E-state index contributed by atoms with van der Waals surface area (Å²) in [7, 11) is -2.29. The summed E-state index contributed by atoms with van der Waals surface area (Å²) in [6.07, 6.45) is 1.92. The molecule has 0 saturated carbocycles. The van der Waals surface area contributed by atoms with Gasteiger partial charge in [0.15, 0.2) is 12.0 Å². The number of furan rings is 1. The highest BCUT2D eigenvalue weighted by Crippen LogP contribution is 2.17. The van der Waals surface area contributed by atoms with Crippen LogP contribution in [0.2, 0.25) is 0 Å². The Labute approximate surface area is 106 Å². The van der Waals surface area contributed by atoms with Crippen LogP contribution >= 0.6 is 0 Å². The zero-order valence-electron chi connectivity index (χ0n) is 10.0. The molecule has 1 aromatic rings. The molecule has 0 aromatic carbocycles. The van der Waals surface area contributed by atoms with E-state index in [1.54, 1.807) is 0 Å². The fourth-order valence-corrected chi connectivity index (χ4v) is 2.62. The number of hydrogen-bond donors (Lipinski definition) is 0. The fraction of sp³-hybridized carbons (Fsp3) is 0.364. The van der Waals surface area contributed by atoms with Crippen molar-refractivity contribution in [3.63, 3.8) is 0 Å². The van der Waals surface area contributed by atoms with E-state index in [0.717, 1.165) is 4.31 Å². The number of rotatable bonds is 8. The molecule has 0 fully saturated rings. The fourth-order valence-electron chi connectivity index (χ4n) is 1.31. The smallest absolute Gasteiger partial charge is 0.276 e. The van der Waals surface area contributed by atoms with E-state index in [0.29, 0.717) is 6.29 Å². The molecule has 0 unspecified atom stereocenters. The first-order valence-corrected chi connectivity index (χ1v) is 6.65. The highest BCUT2D eigenvalue weighted by molar-refractivity contribution is 7.89. The van der Waals surface area contributed by atoms with Crippen LogP contribution in [0.15, 0.2) is 34.3 Å². The van der Waals surface area contributed by atoms with E-state index in [1.165, 1.54) is 25.3 Å². The van der Waals surface area contributed by atoms with Gasteiger partial charge in [0.25, 0.3) is 10.0 Å². The molecule has 18 heavy (non-hydrogen) atoms. The highest BCUT2D eigenvalue weighted by atomic mass is 32.2. The predicted octanol–water partition coefficient (Wildman–Crippen LogP) is 0.915. The van der Waals surface area contributed by atoms with Crippen molar-refractivity contribution in [1.29, 1.82) is 0 Å². The Morgan fingerprint density at radius 3 is 2.72 bits per heavy atom. The van der Waals surface area contributed by atoms with Crippen molar-refractivity contribution in [2.75, 3.05) is 26.8 Å². The first kappa shape index (κ1) is 14.6. The highest BCUT2D eigenvalue weighted by Gasteiger charge is 2.26. The van der Waals surface area contributed by atoms with Crippen molar-refractivity contribution in [2.24, 2.45) is 0 Å². The zero-order chi connectivity index (χ0) is 13.6. The third-order valence-corrected chi connectivity index (χ3v) is 3.93. The summed E-state index contributed by atoms with van der Waals surface area (Å²) >= 11 is 0. The number of methoxy groups -OCH3 is 1. The van der Waals surface area contributed by atoms with Crippen LogP contribution in [0.4, 0.5) is 0 Å². The third kappa shape index (κ3) is 3.28. The molecule has 1 aromatic heterocycles. The van der Waals surface area contributed by atoms with E-state index in [4.69, 9.17) is 9.15 Å². The molecule has 0 aliphatic carbocycles. The van der Waals surface area contributed by atoms with Crippen molar-refractivity contribution in [3.8, 4) is 0 Å². The summed E-state index contributed by atoms with van der Waals surface area (Å²) in [6, 6.07) is 2.56. The Hall–Kier alpha value is -1.44. The number of sulfonamides is 1. The quantitative estimate of drug-likeness (QED) is 0.520. The summed E-state index contributed by atoms with van der Waals surface area (Å²) in [6.45, 7) is 4.09. The maximum absolute atomic E-state index is 12.2. The van der Waals surface area contributed by atoms with Crippen LogP contribution in [0.3, 0.4) is 0 Å². The van der Waals surface area contributed by atoms with Gasteiger partial charge in [0.05, 0.1) is 6.61 Å². The summed E-state index contributed by atoms with van der Waals surface area (Å²) in [5.41, 5.74) is 0. The molecule has 0 N–H and O–H groups in total. The second kappa shape index (κ2) is 6.48. The van der Waals surface area contributed by atoms with Gasteiger partial charge >= 0.3 is 0 Å². The van der Waals surface area contributed by atoms with E-state index in [1.807, 2.05) is 0 Å². The molecular weight excluding hydrogens is 258 g/mol. The third-order valence-electron chi connectivity index (χ3n) is 2.19. The Morgan fingerprint density at radius 2 is 2.22 bits per heavy atom. The van der Waals surface area contributed by atoms with Gasteiger partial charge in [-0.3, -0.25) is 4.79 Å². The largest absolute Gasteiger partial charge is 0.440 e. The number of nitrogens with zero attached hydrogens (tertiary/aromatic N) is 1. The van der Waals surface area contributed by atoms with Crippen molar-refractivity contribution < 1.29 is 22.4 Å². The van der Waals surface area contributed by atoms with E-state index < -0.39 is 10.0 Å². The van der Waals surface area contributed by atoms with Crippen LogP contribution in [-0.2, 0) is 14.8 Å². The minimum atomic E-state index is -3.77. The topological polar surface area (TPSA) is 76.8 Å². The van der Waals surface area contributed by atoms with Gasteiger partial charge in [0.1, 0.15) is 0 Å². The van der Waals surface area contributed by atoms with E-state index in [2.05, 4.69) is 6.58 Å². The van der Waals surface area contributed by atoms with Crippen molar-refractivity contribution >= 4 is 16.3 Å². The van der Waals surface area contributed by atoms with Crippen molar-refractivity contribution in [3.05, 3.63) is 30.5 Å². The Balaban J connectivity index is 2.99. The summed E-state index contributed by atoms with van der Waals surface area (Å²) in [5.74, 6) is -0.0288. The van der Waals surface area contributed by atoms with Crippen molar-refractivity contribution in [1.82, 2.24) is 4.31 Å². The SMILES string of the molecule is C=CCN(CCOC)S(=O)(=O)c1ccc(C=O)o1. The molecule has 100 valence electrons.